The van der Waals surface area contributed by atoms with E-state index in [0.717, 1.165) is 189 Å². The van der Waals surface area contributed by atoms with Gasteiger partial charge in [-0.2, -0.15) is 0 Å². The summed E-state index contributed by atoms with van der Waals surface area (Å²) in [5.41, 5.74) is 45.2. The smallest absolute Gasteiger partial charge is 0.242 e. The summed E-state index contributed by atoms with van der Waals surface area (Å²) in [7, 11) is -8.03. The summed E-state index contributed by atoms with van der Waals surface area (Å²) in [6.45, 7) is 17.2. The minimum atomic E-state index is -3.59. The van der Waals surface area contributed by atoms with E-state index in [0.29, 0.717) is 70.4 Å². The van der Waals surface area contributed by atoms with Crippen molar-refractivity contribution in [2.24, 2.45) is 65.5 Å². The molecule has 742 valence electrons. The molecule has 0 radical (unpaired) electrons. The van der Waals surface area contributed by atoms with Gasteiger partial charge in [0.05, 0.1) is 66.6 Å². The monoisotopic (exact) mass is 1990 g/mol. The normalized spacial score (nSPS) is 28.7. The highest BCUT2D eigenvalue weighted by Crippen LogP contribution is 2.52. The lowest BCUT2D eigenvalue weighted by molar-refractivity contribution is 0.310. The Morgan fingerprint density at radius 3 is 1.31 bits per heavy atom. The number of nitrogens with two attached hydrogens (primary N) is 5. The van der Waals surface area contributed by atoms with E-state index in [1.165, 1.54) is 87.1 Å². The molecule has 21 rings (SSSR count). The largest absolute Gasteiger partial charge is 0.493 e. The predicted molar refractivity (Wildman–Crippen MR) is 556 cm³/mol. The number of aromatic nitrogens is 5. The molecule has 5 aromatic carbocycles. The maximum Gasteiger partial charge on any atom is 0.242 e. The van der Waals surface area contributed by atoms with E-state index in [-0.39, 0.29) is 40.3 Å². The number of hydrogen-bond donors (Lipinski definition) is 5. The minimum Gasteiger partial charge on any atom is -0.493 e. The molecule has 36 heteroatoms. The number of fused-ring (bicyclic) bond motifs is 17. The van der Waals surface area contributed by atoms with Gasteiger partial charge in [0.15, 0.2) is 5.65 Å². The molecule has 12 aliphatic rings. The predicted octanol–water partition coefficient (Wildman–Crippen LogP) is 12.4. The first-order valence-electron chi connectivity index (χ1n) is 48.6. The fraction of sp³-hybridized carbons (Fsp3) is 0.495. The number of unbranched alkanes of at least 4 members (excludes halogenated alkanes) is 1. The number of benzene rings is 5. The Labute approximate surface area is 819 Å². The Morgan fingerprint density at radius 2 is 0.820 bits per heavy atom. The Bertz CT molecular complexity index is 6880. The van der Waals surface area contributed by atoms with Gasteiger partial charge in [0.25, 0.3) is 0 Å². The lowest BCUT2D eigenvalue weighted by Crippen LogP contribution is -2.56. The summed E-state index contributed by atoms with van der Waals surface area (Å²) in [6.07, 6.45) is 29.0. The molecule has 0 bridgehead atoms. The van der Waals surface area contributed by atoms with Gasteiger partial charge in [0.2, 0.25) is 59.9 Å². The first-order chi connectivity index (χ1) is 65.8. The van der Waals surface area contributed by atoms with Crippen molar-refractivity contribution < 1.29 is 47.9 Å². The van der Waals surface area contributed by atoms with Gasteiger partial charge in [-0.15, -0.1) is 0 Å². The zero-order valence-electron chi connectivity index (χ0n) is 82.2. The summed E-state index contributed by atoms with van der Waals surface area (Å²) in [5.74, 6) is 12.7. The molecule has 4 aromatic heterocycles. The van der Waals surface area contributed by atoms with Crippen LogP contribution in [0.4, 0.5) is 0 Å². The highest BCUT2D eigenvalue weighted by Gasteiger charge is 2.57. The van der Waals surface area contributed by atoms with Crippen molar-refractivity contribution in [3.05, 3.63) is 223 Å². The Hall–Kier alpha value is -11.2. The average Bonchev–Trinajstić information content (AvgIpc) is 1.72. The second-order valence-corrected chi connectivity index (χ2v) is 51.8. The Balaban J connectivity index is 0.000000121. The van der Waals surface area contributed by atoms with Crippen LogP contribution in [-0.4, -0.2) is 203 Å². The number of pyridine rings is 3. The standard InChI is InChI=1S/C24H27N5O2S.C23H26N6O2S.C19H27N3O3S.C19H27N3O2S.C18H27N3O2S/c1-15-11-18-9-10-26-20(22(18)27-14-15)13-16-7-8-17-5-4-6-21-24(2,19(17)12-16)28-23(25)29(3)32(21,30)31;1-14-13-26-20-17(9-10-25-21(20)27-14)11-15-7-8-16-5-4-6-19-23(2,18(16)12-15)28-22(24)29(3)32(19,30)31;1-19-15-12-14(11-13-5-3-4-6-13)7-8-16(15)25-10-9-17(19)26(23,24)22(2)18(20)21-19;1-19-15-12-14(7-6-13-4-5-13)8-9-16(15)24-11-10-17(19)25(3,23)22(2)18(20)21-19;1-5-6-7-13-8-9-15-14(12-13)18(2)16(10-11-23-15)24(4,22)21(3)17(19)20-18/h7-12,14,21H,4-6,13H2,1-3H3,(H2,25,28);7-10,12-13,19H,4-6,11H2,1-3H3,(H2,24,28);7-8,12-13,17H,3-6,9-11H2,1-2H3,(H2,20,21);8-9,12-13,17H,3-7,10-11H2,1-2H3,(H2,20,21);8-9,12,16H,4-7,10-11H2,1-3H3,(H2,19,20)/t21-,24+;19-,23+;17-,19+;17-,19+,25?;16-,18+,24?/m00000/s1. The van der Waals surface area contributed by atoms with Crippen LogP contribution >= 0.6 is 0 Å². The molecule has 31 nitrogen and oxygen atoms in total. The molecule has 2 saturated carbocycles. The molecule has 2 unspecified atom stereocenters. The fourth-order valence-electron chi connectivity index (χ4n) is 22.6. The van der Waals surface area contributed by atoms with Crippen LogP contribution in [-0.2, 0) is 122 Å². The van der Waals surface area contributed by atoms with Crippen molar-refractivity contribution >= 4 is 113 Å². The molecular formula is C103H134N20O11S5. The minimum absolute atomic E-state index is 0.0350. The number of hydrogen-bond acceptors (Lipinski definition) is 26. The van der Waals surface area contributed by atoms with Gasteiger partial charge < -0.3 is 42.9 Å². The second-order valence-electron chi connectivity index (χ2n) is 40.4. The van der Waals surface area contributed by atoms with Crippen molar-refractivity contribution in [2.45, 2.75) is 257 Å². The fourth-order valence-corrected chi connectivity index (χ4v) is 32.4. The van der Waals surface area contributed by atoms with Crippen LogP contribution in [0, 0.1) is 25.7 Å². The van der Waals surface area contributed by atoms with Crippen LogP contribution in [0.2, 0.25) is 0 Å². The summed E-state index contributed by atoms with van der Waals surface area (Å²) >= 11 is 0. The molecule has 8 aliphatic heterocycles. The summed E-state index contributed by atoms with van der Waals surface area (Å²) < 4.78 is 130. The molecule has 10 N–H and O–H groups in total. The highest BCUT2D eigenvalue weighted by atomic mass is 32.2. The van der Waals surface area contributed by atoms with E-state index in [4.69, 9.17) is 62.8 Å². The molecule has 0 spiro atoms. The van der Waals surface area contributed by atoms with Crippen molar-refractivity contribution in [3.8, 4) is 17.2 Å². The maximum absolute atomic E-state index is 13.4. The van der Waals surface area contributed by atoms with Gasteiger partial charge in [0, 0.05) is 94.9 Å². The zero-order valence-corrected chi connectivity index (χ0v) is 86.3. The molecule has 2 fully saturated rings. The maximum atomic E-state index is 13.4. The van der Waals surface area contributed by atoms with Crippen molar-refractivity contribution in [1.82, 2.24) is 46.4 Å². The van der Waals surface area contributed by atoms with Crippen LogP contribution in [0.25, 0.3) is 22.1 Å². The van der Waals surface area contributed by atoms with E-state index < -0.39 is 92.9 Å². The Morgan fingerprint density at radius 1 is 0.410 bits per heavy atom. The first-order valence-corrected chi connectivity index (χ1v) is 56.6. The topological polar surface area (TPSA) is 437 Å². The highest BCUT2D eigenvalue weighted by molar-refractivity contribution is 7.99. The van der Waals surface area contributed by atoms with Crippen molar-refractivity contribution in [2.75, 3.05) is 55.1 Å². The SMILES string of the molecule is C=S1(=O)[C@H]2CCOc3ccc(CCC4CC4)cc3[C@@]2(C)N=C(N)N1C.C=S1(=O)[C@H]2CCOc3ccc(CCCC)cc3[C@@]2(C)N=C(N)N1C.CN1C(N)=N[C@]2(C)c3cc(CC4CCCC4)ccc3OCC[C@@H]2S1(=O)=O.Cc1cnc2c(Cc3ccc4c(c3)[C@@]3(C)N=C(N)N(C)S(=O)(=O)[C@H]3CCC4)ccnc2n1.Cc1cnc2c(Cc3ccc4c(c3)[C@@]3(C)N=C(N)N(C)S(=O)(=O)[C@H]3CCC4)nccc2c1. The quantitative estimate of drug-likeness (QED) is 0.0709. The van der Waals surface area contributed by atoms with Gasteiger partial charge in [-0.25, -0.2) is 81.5 Å². The number of nitrogens with zero attached hydrogens (tertiary/aromatic N) is 15. The summed E-state index contributed by atoms with van der Waals surface area (Å²) in [4.78, 5) is 46.2. The third kappa shape index (κ3) is 18.6. The van der Waals surface area contributed by atoms with Gasteiger partial charge in [-0.05, 0) is 278 Å². The first kappa shape index (κ1) is 99.4. The van der Waals surface area contributed by atoms with Crippen molar-refractivity contribution in [1.29, 1.82) is 0 Å². The number of guanidine groups is 5. The third-order valence-corrected chi connectivity index (χ3v) is 43.5. The molecule has 4 aliphatic carbocycles. The molecular weight excluding hydrogens is 1850 g/mol. The van der Waals surface area contributed by atoms with Gasteiger partial charge in [0.1, 0.15) is 66.2 Å². The van der Waals surface area contributed by atoms with Crippen LogP contribution < -0.4 is 42.9 Å². The van der Waals surface area contributed by atoms with E-state index in [2.05, 4.69) is 127 Å². The van der Waals surface area contributed by atoms with Gasteiger partial charge >= 0.3 is 0 Å². The average molecular weight is 1990 g/mol. The molecule has 0 amide bonds. The molecule has 12 heterocycles. The van der Waals surface area contributed by atoms with Gasteiger partial charge in [-0.3, -0.25) is 23.6 Å². The van der Waals surface area contributed by atoms with E-state index in [1.807, 2.05) is 91.2 Å². The van der Waals surface area contributed by atoms with Crippen LogP contribution in [0.5, 0.6) is 17.2 Å². The molecule has 12 atom stereocenters. The molecule has 9 aromatic rings. The van der Waals surface area contributed by atoms with Crippen LogP contribution in [0.1, 0.15) is 234 Å². The number of aryl methyl sites for hydroxylation is 6. The number of ether oxygens (including phenoxy) is 3. The lowest BCUT2D eigenvalue weighted by Gasteiger charge is -2.43. The van der Waals surface area contributed by atoms with E-state index in [1.54, 1.807) is 30.8 Å². The number of rotatable bonds is 12. The number of sulfonamides is 3. The van der Waals surface area contributed by atoms with Gasteiger partial charge in [-0.1, -0.05) is 106 Å². The second kappa shape index (κ2) is 38.0. The zero-order chi connectivity index (χ0) is 99.2. The summed E-state index contributed by atoms with van der Waals surface area (Å²) in [6, 6.07) is 37.5. The van der Waals surface area contributed by atoms with Crippen LogP contribution in [0.15, 0.2) is 159 Å². The lowest BCUT2D eigenvalue weighted by atomic mass is 9.84. The van der Waals surface area contributed by atoms with Crippen molar-refractivity contribution in [3.63, 3.8) is 0 Å². The third-order valence-electron chi connectivity index (χ3n) is 31.1. The Kier molecular flexibility index (Phi) is 27.2. The molecule has 0 saturated heterocycles. The van der Waals surface area contributed by atoms with Crippen LogP contribution in [0.3, 0.4) is 0 Å². The number of aliphatic imine (C=N–C) groups is 5. The van der Waals surface area contributed by atoms with E-state index >= 15 is 0 Å². The van der Waals surface area contributed by atoms with E-state index in [9.17, 15) is 33.7 Å². The summed E-state index contributed by atoms with van der Waals surface area (Å²) in [5, 5.41) is -1.34. The molecule has 139 heavy (non-hydrogen) atoms.